The molecule has 0 saturated heterocycles. The van der Waals surface area contributed by atoms with Crippen LogP contribution in [0, 0.1) is 12.7 Å². The number of hydrogen-bond acceptors (Lipinski definition) is 0. The molecule has 2 rings (SSSR count). The quantitative estimate of drug-likeness (QED) is 0.618. The number of alkyl halides is 1. The summed E-state index contributed by atoms with van der Waals surface area (Å²) in [5.41, 5.74) is 3.59. The maximum Gasteiger partial charge on any atom is 0.124 e. The summed E-state index contributed by atoms with van der Waals surface area (Å²) in [5, 5.41) is 0. The van der Waals surface area contributed by atoms with Gasteiger partial charge in [0.15, 0.2) is 0 Å². The molecular formula is C15H13Br2F. The Bertz CT molecular complexity index is 535. The Balaban J connectivity index is 2.16. The lowest BCUT2D eigenvalue weighted by Gasteiger charge is -2.12. The standard InChI is InChI=1S/C15H13Br2F/c1-10-2-4-11(5-3-10)8-14(16)13-7-6-12(18)9-15(13)17/h2-7,9,14H,8H2,1H3. The van der Waals surface area contributed by atoms with Crippen molar-refractivity contribution in [3.05, 3.63) is 69.4 Å². The van der Waals surface area contributed by atoms with Crippen molar-refractivity contribution in [3.8, 4) is 0 Å². The summed E-state index contributed by atoms with van der Waals surface area (Å²) in [7, 11) is 0. The first-order chi connectivity index (χ1) is 8.56. The largest absolute Gasteiger partial charge is 0.207 e. The molecule has 1 atom stereocenters. The van der Waals surface area contributed by atoms with Crippen molar-refractivity contribution in [3.63, 3.8) is 0 Å². The average Bonchev–Trinajstić information content (AvgIpc) is 2.32. The highest BCUT2D eigenvalue weighted by atomic mass is 79.9. The summed E-state index contributed by atoms with van der Waals surface area (Å²) in [5.74, 6) is -0.222. The molecule has 0 spiro atoms. The van der Waals surface area contributed by atoms with Gasteiger partial charge in [-0.3, -0.25) is 0 Å². The van der Waals surface area contributed by atoms with Crippen LogP contribution in [0.3, 0.4) is 0 Å². The molecule has 0 nitrogen and oxygen atoms in total. The van der Waals surface area contributed by atoms with Crippen molar-refractivity contribution in [1.82, 2.24) is 0 Å². The van der Waals surface area contributed by atoms with Gasteiger partial charge in [0.1, 0.15) is 5.82 Å². The average molecular weight is 372 g/mol. The first kappa shape index (κ1) is 13.8. The fourth-order valence-electron chi connectivity index (χ4n) is 1.80. The van der Waals surface area contributed by atoms with Crippen LogP contribution in [-0.2, 0) is 6.42 Å². The Labute approximate surface area is 123 Å². The van der Waals surface area contributed by atoms with Crippen LogP contribution in [0.4, 0.5) is 4.39 Å². The normalized spacial score (nSPS) is 12.4. The molecule has 0 bridgehead atoms. The van der Waals surface area contributed by atoms with Crippen molar-refractivity contribution in [1.29, 1.82) is 0 Å². The van der Waals surface area contributed by atoms with Crippen molar-refractivity contribution in [2.75, 3.05) is 0 Å². The number of halogens is 3. The van der Waals surface area contributed by atoms with Gasteiger partial charge in [0, 0.05) is 9.30 Å². The van der Waals surface area contributed by atoms with Crippen LogP contribution in [0.5, 0.6) is 0 Å². The molecule has 3 heteroatoms. The first-order valence-corrected chi connectivity index (χ1v) is 7.41. The van der Waals surface area contributed by atoms with Gasteiger partial charge in [0.2, 0.25) is 0 Å². The summed E-state index contributed by atoms with van der Waals surface area (Å²) in [6.45, 7) is 2.08. The molecule has 0 aromatic heterocycles. The fourth-order valence-corrected chi connectivity index (χ4v) is 3.50. The molecule has 0 amide bonds. The topological polar surface area (TPSA) is 0 Å². The van der Waals surface area contributed by atoms with Crippen molar-refractivity contribution < 1.29 is 4.39 Å². The Hall–Kier alpha value is -0.670. The molecule has 18 heavy (non-hydrogen) atoms. The summed E-state index contributed by atoms with van der Waals surface area (Å²) in [4.78, 5) is 0.176. The van der Waals surface area contributed by atoms with E-state index in [9.17, 15) is 4.39 Å². The second-order valence-corrected chi connectivity index (χ2v) is 6.28. The van der Waals surface area contributed by atoms with E-state index in [1.165, 1.54) is 23.3 Å². The van der Waals surface area contributed by atoms with Crippen LogP contribution in [0.1, 0.15) is 21.5 Å². The van der Waals surface area contributed by atoms with Crippen LogP contribution in [-0.4, -0.2) is 0 Å². The van der Waals surface area contributed by atoms with E-state index in [1.807, 2.05) is 6.07 Å². The third kappa shape index (κ3) is 3.42. The monoisotopic (exact) mass is 370 g/mol. The van der Waals surface area contributed by atoms with Crippen molar-refractivity contribution in [2.45, 2.75) is 18.2 Å². The summed E-state index contributed by atoms with van der Waals surface area (Å²) >= 11 is 7.07. The van der Waals surface area contributed by atoms with Gasteiger partial charge in [-0.15, -0.1) is 0 Å². The van der Waals surface area contributed by atoms with E-state index in [0.717, 1.165) is 16.5 Å². The minimum atomic E-state index is -0.222. The van der Waals surface area contributed by atoms with Gasteiger partial charge in [0.25, 0.3) is 0 Å². The van der Waals surface area contributed by atoms with Gasteiger partial charge in [-0.05, 0) is 36.6 Å². The molecule has 0 aliphatic carbocycles. The fraction of sp³-hybridized carbons (Fsp3) is 0.200. The molecule has 0 fully saturated rings. The predicted molar refractivity (Wildman–Crippen MR) is 80.7 cm³/mol. The Kier molecular flexibility index (Phi) is 4.57. The molecule has 0 heterocycles. The molecule has 0 radical (unpaired) electrons. The Morgan fingerprint density at radius 3 is 2.39 bits per heavy atom. The van der Waals surface area contributed by atoms with Crippen LogP contribution in [0.25, 0.3) is 0 Å². The third-order valence-electron chi connectivity index (χ3n) is 2.84. The highest BCUT2D eigenvalue weighted by Gasteiger charge is 2.12. The Morgan fingerprint density at radius 1 is 1.11 bits per heavy atom. The van der Waals surface area contributed by atoms with E-state index in [4.69, 9.17) is 0 Å². The molecular weight excluding hydrogens is 359 g/mol. The van der Waals surface area contributed by atoms with Gasteiger partial charge in [-0.1, -0.05) is 67.8 Å². The van der Waals surface area contributed by atoms with E-state index < -0.39 is 0 Å². The molecule has 94 valence electrons. The van der Waals surface area contributed by atoms with Crippen molar-refractivity contribution in [2.24, 2.45) is 0 Å². The summed E-state index contributed by atoms with van der Waals surface area (Å²) < 4.78 is 13.8. The van der Waals surface area contributed by atoms with E-state index in [0.29, 0.717) is 0 Å². The zero-order chi connectivity index (χ0) is 13.1. The lowest BCUT2D eigenvalue weighted by atomic mass is 10.0. The maximum atomic E-state index is 13.0. The number of aryl methyl sites for hydroxylation is 1. The summed E-state index contributed by atoms with van der Waals surface area (Å²) in [6, 6.07) is 13.3. The van der Waals surface area contributed by atoms with Gasteiger partial charge >= 0.3 is 0 Å². The van der Waals surface area contributed by atoms with Gasteiger partial charge < -0.3 is 0 Å². The second kappa shape index (κ2) is 5.98. The molecule has 0 aliphatic heterocycles. The lowest BCUT2D eigenvalue weighted by molar-refractivity contribution is 0.626. The second-order valence-electron chi connectivity index (χ2n) is 4.32. The number of rotatable bonds is 3. The number of hydrogen-bond donors (Lipinski definition) is 0. The van der Waals surface area contributed by atoms with Crippen LogP contribution in [0.2, 0.25) is 0 Å². The summed E-state index contributed by atoms with van der Waals surface area (Å²) in [6.07, 6.45) is 0.879. The van der Waals surface area contributed by atoms with Gasteiger partial charge in [0.05, 0.1) is 0 Å². The number of benzene rings is 2. The zero-order valence-electron chi connectivity index (χ0n) is 9.96. The van der Waals surface area contributed by atoms with E-state index in [1.54, 1.807) is 0 Å². The maximum absolute atomic E-state index is 13.0. The highest BCUT2D eigenvalue weighted by molar-refractivity contribution is 9.11. The van der Waals surface area contributed by atoms with Crippen molar-refractivity contribution >= 4 is 31.9 Å². The van der Waals surface area contributed by atoms with E-state index in [-0.39, 0.29) is 10.6 Å². The molecule has 0 aliphatic rings. The van der Waals surface area contributed by atoms with E-state index >= 15 is 0 Å². The van der Waals surface area contributed by atoms with Gasteiger partial charge in [-0.25, -0.2) is 4.39 Å². The molecule has 1 unspecified atom stereocenters. The lowest BCUT2D eigenvalue weighted by Crippen LogP contribution is -1.97. The minimum Gasteiger partial charge on any atom is -0.207 e. The Morgan fingerprint density at radius 2 is 1.78 bits per heavy atom. The SMILES string of the molecule is Cc1ccc(CC(Br)c2ccc(F)cc2Br)cc1. The first-order valence-electron chi connectivity index (χ1n) is 5.71. The van der Waals surface area contributed by atoms with E-state index in [2.05, 4.69) is 63.0 Å². The van der Waals surface area contributed by atoms with Gasteiger partial charge in [-0.2, -0.15) is 0 Å². The molecule has 0 N–H and O–H groups in total. The molecule has 0 saturated carbocycles. The predicted octanol–water partition coefficient (Wildman–Crippen LogP) is 5.58. The highest BCUT2D eigenvalue weighted by Crippen LogP contribution is 2.32. The van der Waals surface area contributed by atoms with Crippen LogP contribution < -0.4 is 0 Å². The smallest absolute Gasteiger partial charge is 0.124 e. The minimum absolute atomic E-state index is 0.176. The van der Waals surface area contributed by atoms with Crippen LogP contribution >= 0.6 is 31.9 Å². The molecule has 2 aromatic carbocycles. The molecule has 2 aromatic rings. The van der Waals surface area contributed by atoms with Crippen LogP contribution in [0.15, 0.2) is 46.9 Å². The zero-order valence-corrected chi connectivity index (χ0v) is 13.1. The third-order valence-corrected chi connectivity index (χ3v) is 4.34.